The van der Waals surface area contributed by atoms with Gasteiger partial charge in [0.1, 0.15) is 17.5 Å². The third-order valence-corrected chi connectivity index (χ3v) is 7.11. The Balaban J connectivity index is 1.39. The van der Waals surface area contributed by atoms with Crippen LogP contribution in [0.15, 0.2) is 54.7 Å². The molecule has 0 N–H and O–H groups in total. The number of piperidine rings is 2. The standard InChI is InChI=1S/C26H34N6/c1-21(22-10-4-2-5-11-22)32-25(20-30-16-8-3-9-17-30)28-29-26(32)23-13-18-31(19-14-23)24-12-6-7-15-27-24/h2,4-7,10-12,15,21,23H,3,8-9,13-14,16-20H2,1H3/t21-/m0/s1. The molecule has 3 aromatic rings. The van der Waals surface area contributed by atoms with Gasteiger partial charge in [-0.05, 0) is 63.4 Å². The molecule has 2 saturated heterocycles. The van der Waals surface area contributed by atoms with E-state index in [1.165, 1.54) is 37.9 Å². The summed E-state index contributed by atoms with van der Waals surface area (Å²) in [5.74, 6) is 3.79. The van der Waals surface area contributed by atoms with Crippen LogP contribution in [-0.2, 0) is 6.54 Å². The summed E-state index contributed by atoms with van der Waals surface area (Å²) in [5, 5.41) is 9.56. The van der Waals surface area contributed by atoms with Gasteiger partial charge < -0.3 is 9.47 Å². The maximum Gasteiger partial charge on any atom is 0.147 e. The quantitative estimate of drug-likeness (QED) is 0.570. The van der Waals surface area contributed by atoms with Gasteiger partial charge in [0.15, 0.2) is 0 Å². The number of rotatable bonds is 6. The highest BCUT2D eigenvalue weighted by atomic mass is 15.3. The highest BCUT2D eigenvalue weighted by Crippen LogP contribution is 2.32. The van der Waals surface area contributed by atoms with Gasteiger partial charge in [-0.2, -0.15) is 0 Å². The molecular weight excluding hydrogens is 396 g/mol. The molecule has 0 saturated carbocycles. The summed E-state index contributed by atoms with van der Waals surface area (Å²) in [4.78, 5) is 9.49. The second-order valence-electron chi connectivity index (χ2n) is 9.22. The fourth-order valence-corrected chi connectivity index (χ4v) is 5.25. The lowest BCUT2D eigenvalue weighted by atomic mass is 9.95. The second kappa shape index (κ2) is 9.82. The Morgan fingerprint density at radius 3 is 2.34 bits per heavy atom. The average molecular weight is 431 g/mol. The number of anilines is 1. The summed E-state index contributed by atoms with van der Waals surface area (Å²) in [6.07, 6.45) is 7.98. The van der Waals surface area contributed by atoms with Crippen LogP contribution in [0, 0.1) is 0 Å². The first-order valence-electron chi connectivity index (χ1n) is 12.2. The summed E-state index contributed by atoms with van der Waals surface area (Å²) < 4.78 is 2.45. The van der Waals surface area contributed by atoms with Gasteiger partial charge in [-0.15, -0.1) is 10.2 Å². The van der Waals surface area contributed by atoms with Crippen LogP contribution in [0.3, 0.4) is 0 Å². The minimum Gasteiger partial charge on any atom is -0.357 e. The van der Waals surface area contributed by atoms with Crippen LogP contribution < -0.4 is 4.90 Å². The summed E-state index contributed by atoms with van der Waals surface area (Å²) in [7, 11) is 0. The normalized spacial score (nSPS) is 19.2. The Morgan fingerprint density at radius 1 is 0.875 bits per heavy atom. The monoisotopic (exact) mass is 430 g/mol. The Labute approximate surface area is 191 Å². The van der Waals surface area contributed by atoms with Gasteiger partial charge in [0.05, 0.1) is 12.6 Å². The van der Waals surface area contributed by atoms with Crippen LogP contribution in [0.1, 0.15) is 68.2 Å². The van der Waals surface area contributed by atoms with Gasteiger partial charge in [-0.3, -0.25) is 4.90 Å². The van der Waals surface area contributed by atoms with E-state index >= 15 is 0 Å². The number of nitrogens with zero attached hydrogens (tertiary/aromatic N) is 6. The van der Waals surface area contributed by atoms with Gasteiger partial charge in [-0.1, -0.05) is 42.8 Å². The first-order valence-corrected chi connectivity index (χ1v) is 12.2. The van der Waals surface area contributed by atoms with E-state index in [1.807, 2.05) is 12.3 Å². The minimum absolute atomic E-state index is 0.231. The fourth-order valence-electron chi connectivity index (χ4n) is 5.25. The summed E-state index contributed by atoms with van der Waals surface area (Å²) in [6, 6.07) is 17.2. The predicted molar refractivity (Wildman–Crippen MR) is 128 cm³/mol. The highest BCUT2D eigenvalue weighted by molar-refractivity contribution is 5.38. The number of aromatic nitrogens is 4. The number of hydrogen-bond donors (Lipinski definition) is 0. The number of benzene rings is 1. The largest absolute Gasteiger partial charge is 0.357 e. The zero-order valence-corrected chi connectivity index (χ0v) is 19.1. The molecule has 2 aromatic heterocycles. The zero-order chi connectivity index (χ0) is 21.8. The molecule has 0 unspecified atom stereocenters. The van der Waals surface area contributed by atoms with Crippen LogP contribution in [-0.4, -0.2) is 50.8 Å². The molecule has 0 amide bonds. The van der Waals surface area contributed by atoms with Crippen molar-refractivity contribution < 1.29 is 0 Å². The fraction of sp³-hybridized carbons (Fsp3) is 0.500. The third-order valence-electron chi connectivity index (χ3n) is 7.11. The first-order chi connectivity index (χ1) is 15.8. The molecule has 1 aromatic carbocycles. The van der Waals surface area contributed by atoms with E-state index < -0.39 is 0 Å². The zero-order valence-electron chi connectivity index (χ0n) is 19.1. The Bertz CT molecular complexity index is 972. The molecule has 168 valence electrons. The molecule has 1 atom stereocenters. The molecule has 32 heavy (non-hydrogen) atoms. The third kappa shape index (κ3) is 4.56. The Hall–Kier alpha value is -2.73. The number of pyridine rings is 1. The number of likely N-dealkylation sites (tertiary alicyclic amines) is 1. The second-order valence-corrected chi connectivity index (χ2v) is 9.22. The van der Waals surface area contributed by atoms with Crippen molar-refractivity contribution in [3.05, 3.63) is 71.9 Å². The molecule has 2 aliphatic heterocycles. The van der Waals surface area contributed by atoms with E-state index in [2.05, 4.69) is 68.7 Å². The lowest BCUT2D eigenvalue weighted by molar-refractivity contribution is 0.212. The Morgan fingerprint density at radius 2 is 1.62 bits per heavy atom. The first kappa shape index (κ1) is 21.1. The van der Waals surface area contributed by atoms with Crippen LogP contribution >= 0.6 is 0 Å². The molecule has 4 heterocycles. The molecule has 6 nitrogen and oxygen atoms in total. The molecule has 0 radical (unpaired) electrons. The molecule has 0 aliphatic carbocycles. The van der Waals surface area contributed by atoms with Gasteiger partial charge >= 0.3 is 0 Å². The van der Waals surface area contributed by atoms with E-state index in [4.69, 9.17) is 10.2 Å². The molecule has 0 spiro atoms. The van der Waals surface area contributed by atoms with Gasteiger partial charge in [-0.25, -0.2) is 4.98 Å². The summed E-state index contributed by atoms with van der Waals surface area (Å²) in [6.45, 7) is 7.56. The average Bonchev–Trinajstić information content (AvgIpc) is 3.28. The van der Waals surface area contributed by atoms with Crippen molar-refractivity contribution in [1.29, 1.82) is 0 Å². The van der Waals surface area contributed by atoms with E-state index in [0.29, 0.717) is 5.92 Å². The minimum atomic E-state index is 0.231. The van der Waals surface area contributed by atoms with Crippen LogP contribution in [0.2, 0.25) is 0 Å². The van der Waals surface area contributed by atoms with E-state index in [9.17, 15) is 0 Å². The van der Waals surface area contributed by atoms with Gasteiger partial charge in [0, 0.05) is 25.2 Å². The van der Waals surface area contributed by atoms with Crippen molar-refractivity contribution >= 4 is 5.82 Å². The van der Waals surface area contributed by atoms with Crippen LogP contribution in [0.25, 0.3) is 0 Å². The summed E-state index contributed by atoms with van der Waals surface area (Å²) >= 11 is 0. The van der Waals surface area contributed by atoms with Crippen molar-refractivity contribution in [2.75, 3.05) is 31.1 Å². The maximum atomic E-state index is 4.80. The van der Waals surface area contributed by atoms with Crippen molar-refractivity contribution in [2.24, 2.45) is 0 Å². The van der Waals surface area contributed by atoms with Crippen molar-refractivity contribution in [3.63, 3.8) is 0 Å². The highest BCUT2D eigenvalue weighted by Gasteiger charge is 2.29. The smallest absolute Gasteiger partial charge is 0.147 e. The molecule has 2 fully saturated rings. The van der Waals surface area contributed by atoms with E-state index in [0.717, 1.165) is 49.9 Å². The van der Waals surface area contributed by atoms with Gasteiger partial charge in [0.25, 0.3) is 0 Å². The number of hydrogen-bond acceptors (Lipinski definition) is 5. The van der Waals surface area contributed by atoms with Crippen molar-refractivity contribution in [2.45, 2.75) is 57.5 Å². The molecule has 0 bridgehead atoms. The van der Waals surface area contributed by atoms with Crippen LogP contribution in [0.4, 0.5) is 5.82 Å². The lowest BCUT2D eigenvalue weighted by Gasteiger charge is -2.33. The predicted octanol–water partition coefficient (Wildman–Crippen LogP) is 4.65. The van der Waals surface area contributed by atoms with E-state index in [-0.39, 0.29) is 6.04 Å². The lowest BCUT2D eigenvalue weighted by Crippen LogP contribution is -2.35. The van der Waals surface area contributed by atoms with Gasteiger partial charge in [0.2, 0.25) is 0 Å². The molecular formula is C26H34N6. The van der Waals surface area contributed by atoms with E-state index in [1.54, 1.807) is 0 Å². The van der Waals surface area contributed by atoms with Crippen molar-refractivity contribution in [3.8, 4) is 0 Å². The van der Waals surface area contributed by atoms with Crippen LogP contribution in [0.5, 0.6) is 0 Å². The molecule has 2 aliphatic rings. The molecule has 6 heteroatoms. The Kier molecular flexibility index (Phi) is 6.49. The maximum absolute atomic E-state index is 4.80. The molecule has 5 rings (SSSR count). The van der Waals surface area contributed by atoms with Crippen molar-refractivity contribution in [1.82, 2.24) is 24.6 Å². The SMILES string of the molecule is C[C@@H](c1ccccc1)n1c(CN2CCCCC2)nnc1C1CCN(c2ccccn2)CC1. The summed E-state index contributed by atoms with van der Waals surface area (Å²) in [5.41, 5.74) is 1.32. The topological polar surface area (TPSA) is 50.1 Å².